The predicted molar refractivity (Wildman–Crippen MR) is 129 cm³/mol. The first-order chi connectivity index (χ1) is 16.6. The summed E-state index contributed by atoms with van der Waals surface area (Å²) in [6.07, 6.45) is 2.01. The van der Waals surface area contributed by atoms with Gasteiger partial charge in [-0.2, -0.15) is 0 Å². The first-order valence-corrected chi connectivity index (χ1v) is 11.5. The fourth-order valence-electron chi connectivity index (χ4n) is 3.78. The zero-order chi connectivity index (χ0) is 23.5. The van der Waals surface area contributed by atoms with Crippen molar-refractivity contribution in [3.63, 3.8) is 0 Å². The maximum absolute atomic E-state index is 13.0. The zero-order valence-electron chi connectivity index (χ0n) is 17.9. The highest BCUT2D eigenvalue weighted by Crippen LogP contribution is 2.21. The molecule has 3 aromatic heterocycles. The van der Waals surface area contributed by atoms with E-state index >= 15 is 0 Å². The van der Waals surface area contributed by atoms with Gasteiger partial charge in [-0.25, -0.2) is 4.79 Å². The number of thiophene rings is 1. The van der Waals surface area contributed by atoms with E-state index < -0.39 is 24.4 Å². The van der Waals surface area contributed by atoms with Gasteiger partial charge in [0.2, 0.25) is 5.78 Å². The van der Waals surface area contributed by atoms with E-state index in [1.165, 1.54) is 11.3 Å². The Balaban J connectivity index is 1.32. The molecule has 1 unspecified atom stereocenters. The van der Waals surface area contributed by atoms with Crippen molar-refractivity contribution in [3.8, 4) is 0 Å². The van der Waals surface area contributed by atoms with Gasteiger partial charge in [0.05, 0.1) is 4.88 Å². The van der Waals surface area contributed by atoms with Gasteiger partial charge in [-0.1, -0.05) is 42.5 Å². The topological polar surface area (TPSA) is 101 Å². The number of hydrogen-bond donors (Lipinski definition) is 2. The van der Waals surface area contributed by atoms with E-state index in [1.807, 2.05) is 48.7 Å². The van der Waals surface area contributed by atoms with Gasteiger partial charge in [-0.15, -0.1) is 11.3 Å². The molecule has 0 aliphatic carbocycles. The van der Waals surface area contributed by atoms with Crippen molar-refractivity contribution in [3.05, 3.63) is 94.5 Å². The van der Waals surface area contributed by atoms with Crippen molar-refractivity contribution in [2.24, 2.45) is 0 Å². The number of hydrogen-bond acceptors (Lipinski definition) is 6. The summed E-state index contributed by atoms with van der Waals surface area (Å²) >= 11 is 1.28. The number of ketones is 1. The van der Waals surface area contributed by atoms with Crippen LogP contribution in [0.25, 0.3) is 21.9 Å². The van der Waals surface area contributed by atoms with Crippen LogP contribution in [-0.2, 0) is 16.0 Å². The van der Waals surface area contributed by atoms with Gasteiger partial charge in [0.1, 0.15) is 11.6 Å². The predicted octanol–water partition coefficient (Wildman–Crippen LogP) is 4.74. The SMILES string of the molecule is O=C(COC(=O)C(Cc1c[nH]c2ccccc12)NC(=O)c1cccs1)c1cc2ccccc2o1. The molecule has 5 rings (SSSR count). The molecule has 0 aliphatic rings. The minimum Gasteiger partial charge on any atom is -0.456 e. The second-order valence-corrected chi connectivity index (χ2v) is 8.69. The van der Waals surface area contributed by atoms with E-state index in [0.717, 1.165) is 21.9 Å². The molecule has 1 amide bonds. The van der Waals surface area contributed by atoms with E-state index in [4.69, 9.17) is 9.15 Å². The summed E-state index contributed by atoms with van der Waals surface area (Å²) in [5, 5.41) is 6.28. The Morgan fingerprint density at radius 3 is 2.68 bits per heavy atom. The third kappa shape index (κ3) is 4.49. The lowest BCUT2D eigenvalue weighted by molar-refractivity contribution is -0.144. The van der Waals surface area contributed by atoms with Crippen LogP contribution in [0, 0.1) is 0 Å². The molecule has 2 aromatic carbocycles. The van der Waals surface area contributed by atoms with Gasteiger partial charge in [0.15, 0.2) is 12.4 Å². The molecule has 7 nitrogen and oxygen atoms in total. The van der Waals surface area contributed by atoms with Crippen molar-refractivity contribution in [1.29, 1.82) is 0 Å². The summed E-state index contributed by atoms with van der Waals surface area (Å²) in [5.41, 5.74) is 2.36. The molecule has 0 saturated carbocycles. The first-order valence-electron chi connectivity index (χ1n) is 10.7. The maximum Gasteiger partial charge on any atom is 0.329 e. The van der Waals surface area contributed by atoms with Crippen LogP contribution in [0.15, 0.2) is 82.7 Å². The summed E-state index contributed by atoms with van der Waals surface area (Å²) in [4.78, 5) is 41.9. The highest BCUT2D eigenvalue weighted by Gasteiger charge is 2.26. The van der Waals surface area contributed by atoms with Crippen LogP contribution < -0.4 is 5.32 Å². The van der Waals surface area contributed by atoms with Crippen LogP contribution in [0.2, 0.25) is 0 Å². The third-order valence-corrected chi connectivity index (χ3v) is 6.35. The number of esters is 1. The van der Waals surface area contributed by atoms with Crippen molar-refractivity contribution in [1.82, 2.24) is 10.3 Å². The number of aromatic nitrogens is 1. The molecule has 34 heavy (non-hydrogen) atoms. The molecular formula is C26H20N2O5S. The fraction of sp³-hybridized carbons (Fsp3) is 0.115. The van der Waals surface area contributed by atoms with Crippen LogP contribution in [0.3, 0.4) is 0 Å². The molecule has 170 valence electrons. The lowest BCUT2D eigenvalue weighted by Crippen LogP contribution is -2.43. The van der Waals surface area contributed by atoms with Crippen LogP contribution >= 0.6 is 11.3 Å². The second kappa shape index (κ2) is 9.36. The summed E-state index contributed by atoms with van der Waals surface area (Å²) in [7, 11) is 0. The number of H-pyrrole nitrogens is 1. The van der Waals surface area contributed by atoms with E-state index in [0.29, 0.717) is 10.5 Å². The lowest BCUT2D eigenvalue weighted by Gasteiger charge is -2.17. The number of carbonyl (C=O) groups is 3. The number of carbonyl (C=O) groups excluding carboxylic acids is 3. The minimum atomic E-state index is -0.975. The Labute approximate surface area is 198 Å². The molecule has 0 aliphatic heterocycles. The quantitative estimate of drug-likeness (QED) is 0.251. The van der Waals surface area contributed by atoms with E-state index in [9.17, 15) is 14.4 Å². The highest BCUT2D eigenvalue weighted by molar-refractivity contribution is 7.12. The molecule has 0 saturated heterocycles. The average molecular weight is 473 g/mol. The average Bonchev–Trinajstić information content (AvgIpc) is 3.61. The summed E-state index contributed by atoms with van der Waals surface area (Å²) in [6, 6.07) is 19.0. The van der Waals surface area contributed by atoms with Crippen molar-refractivity contribution in [2.75, 3.05) is 6.61 Å². The largest absolute Gasteiger partial charge is 0.456 e. The second-order valence-electron chi connectivity index (χ2n) is 7.75. The van der Waals surface area contributed by atoms with Gasteiger partial charge >= 0.3 is 5.97 Å². The molecule has 3 heterocycles. The van der Waals surface area contributed by atoms with E-state index in [1.54, 1.807) is 29.6 Å². The Bertz CT molecular complexity index is 1450. The molecule has 0 bridgehead atoms. The molecule has 5 aromatic rings. The Kier molecular flexibility index (Phi) is 5.97. The monoisotopic (exact) mass is 472 g/mol. The number of rotatable bonds is 8. The fourth-order valence-corrected chi connectivity index (χ4v) is 4.41. The number of para-hydroxylation sites is 2. The Morgan fingerprint density at radius 1 is 1.03 bits per heavy atom. The third-order valence-electron chi connectivity index (χ3n) is 5.48. The van der Waals surface area contributed by atoms with E-state index in [-0.39, 0.29) is 18.1 Å². The van der Waals surface area contributed by atoms with Gasteiger partial charge in [-0.3, -0.25) is 9.59 Å². The molecular weight excluding hydrogens is 452 g/mol. The van der Waals surface area contributed by atoms with Crippen molar-refractivity contribution >= 4 is 50.9 Å². The van der Waals surface area contributed by atoms with Crippen LogP contribution in [0.1, 0.15) is 25.8 Å². The number of nitrogens with one attached hydrogen (secondary N) is 2. The molecule has 8 heteroatoms. The first kappa shape index (κ1) is 21.7. The number of Topliss-reactive ketones (excluding diaryl/α,β-unsaturated/α-hetero) is 1. The number of aromatic amines is 1. The van der Waals surface area contributed by atoms with Crippen molar-refractivity contribution in [2.45, 2.75) is 12.5 Å². The van der Waals surface area contributed by atoms with Gasteiger partial charge < -0.3 is 19.5 Å². The molecule has 0 radical (unpaired) electrons. The molecule has 0 fully saturated rings. The maximum atomic E-state index is 13.0. The molecule has 1 atom stereocenters. The number of furan rings is 1. The van der Waals surface area contributed by atoms with Gasteiger partial charge in [0.25, 0.3) is 5.91 Å². The van der Waals surface area contributed by atoms with E-state index in [2.05, 4.69) is 10.3 Å². The number of fused-ring (bicyclic) bond motifs is 2. The summed E-state index contributed by atoms with van der Waals surface area (Å²) < 4.78 is 10.9. The van der Waals surface area contributed by atoms with Crippen LogP contribution in [0.4, 0.5) is 0 Å². The van der Waals surface area contributed by atoms with Crippen molar-refractivity contribution < 1.29 is 23.5 Å². The zero-order valence-corrected chi connectivity index (χ0v) is 18.8. The number of benzene rings is 2. The van der Waals surface area contributed by atoms with Crippen LogP contribution in [0.5, 0.6) is 0 Å². The van der Waals surface area contributed by atoms with Gasteiger partial charge in [-0.05, 0) is 35.2 Å². The minimum absolute atomic E-state index is 0.116. The smallest absolute Gasteiger partial charge is 0.329 e. The lowest BCUT2D eigenvalue weighted by atomic mass is 10.0. The Hall–Kier alpha value is -4.17. The summed E-state index contributed by atoms with van der Waals surface area (Å²) in [5.74, 6) is -1.41. The molecule has 0 spiro atoms. The highest BCUT2D eigenvalue weighted by atomic mass is 32.1. The Morgan fingerprint density at radius 2 is 1.85 bits per heavy atom. The standard InChI is InChI=1S/C26H20N2O5S/c29-21(23-13-16-6-1-4-9-22(16)33-23)15-32-26(31)20(28-25(30)24-10-5-11-34-24)12-17-14-27-19-8-3-2-7-18(17)19/h1-11,13-14,20,27H,12,15H2,(H,28,30). The number of amides is 1. The number of ether oxygens (including phenoxy) is 1. The molecule has 2 N–H and O–H groups in total. The van der Waals surface area contributed by atoms with Crippen LogP contribution in [-0.4, -0.2) is 35.3 Å². The normalized spacial score (nSPS) is 12.0. The summed E-state index contributed by atoms with van der Waals surface area (Å²) in [6.45, 7) is -0.488. The van der Waals surface area contributed by atoms with Gasteiger partial charge in [0, 0.05) is 28.9 Å².